The molecule has 0 bridgehead atoms. The third-order valence-corrected chi connectivity index (χ3v) is 3.09. The molecule has 0 saturated heterocycles. The zero-order valence-corrected chi connectivity index (χ0v) is 13.4. The van der Waals surface area contributed by atoms with Crippen LogP contribution in [0.5, 0.6) is 5.75 Å². The minimum absolute atomic E-state index is 0.0442. The summed E-state index contributed by atoms with van der Waals surface area (Å²) in [5.41, 5.74) is 1.53. The largest absolute Gasteiger partial charge is 0.496 e. The Bertz CT molecular complexity index is 519. The molecule has 5 nitrogen and oxygen atoms in total. The molecular formula is C16H24N2O3. The van der Waals surface area contributed by atoms with E-state index in [4.69, 9.17) is 4.74 Å². The van der Waals surface area contributed by atoms with E-state index in [-0.39, 0.29) is 17.2 Å². The molecule has 0 spiro atoms. The Kier molecular flexibility index (Phi) is 5.76. The van der Waals surface area contributed by atoms with E-state index in [2.05, 4.69) is 31.4 Å². The first-order chi connectivity index (χ1) is 9.75. The van der Waals surface area contributed by atoms with Gasteiger partial charge in [0.15, 0.2) is 0 Å². The van der Waals surface area contributed by atoms with Crippen molar-refractivity contribution in [1.29, 1.82) is 0 Å². The Labute approximate surface area is 126 Å². The van der Waals surface area contributed by atoms with Crippen LogP contribution < -0.4 is 15.4 Å². The molecule has 1 aromatic carbocycles. The fraction of sp³-hybridized carbons (Fsp3) is 0.500. The summed E-state index contributed by atoms with van der Waals surface area (Å²) in [5.74, 6) is 0.222. The van der Waals surface area contributed by atoms with Gasteiger partial charge < -0.3 is 15.4 Å². The Morgan fingerprint density at radius 3 is 2.29 bits per heavy atom. The van der Waals surface area contributed by atoms with Gasteiger partial charge in [-0.15, -0.1) is 0 Å². The number of hydrogen-bond acceptors (Lipinski definition) is 3. The van der Waals surface area contributed by atoms with E-state index in [0.29, 0.717) is 24.4 Å². The highest BCUT2D eigenvalue weighted by molar-refractivity contribution is 5.97. The van der Waals surface area contributed by atoms with Gasteiger partial charge in [0.25, 0.3) is 5.91 Å². The Hall–Kier alpha value is -2.04. The van der Waals surface area contributed by atoms with Crippen LogP contribution in [0.3, 0.4) is 0 Å². The van der Waals surface area contributed by atoms with E-state index >= 15 is 0 Å². The number of methoxy groups -OCH3 is 1. The normalized spacial score (nSPS) is 10.9. The highest BCUT2D eigenvalue weighted by Gasteiger charge is 2.19. The van der Waals surface area contributed by atoms with Gasteiger partial charge in [0, 0.05) is 20.0 Å². The van der Waals surface area contributed by atoms with Crippen molar-refractivity contribution >= 4 is 11.8 Å². The third-order valence-electron chi connectivity index (χ3n) is 3.09. The molecule has 116 valence electrons. The van der Waals surface area contributed by atoms with Crippen LogP contribution in [0.25, 0.3) is 0 Å². The Morgan fingerprint density at radius 1 is 1.14 bits per heavy atom. The molecule has 1 aromatic rings. The van der Waals surface area contributed by atoms with Gasteiger partial charge in [0.05, 0.1) is 12.7 Å². The summed E-state index contributed by atoms with van der Waals surface area (Å²) in [7, 11) is 1.54. The minimum Gasteiger partial charge on any atom is -0.496 e. The second-order valence-electron chi connectivity index (χ2n) is 5.90. The molecule has 0 saturated carbocycles. The predicted molar refractivity (Wildman–Crippen MR) is 82.7 cm³/mol. The van der Waals surface area contributed by atoms with Crippen molar-refractivity contribution in [2.24, 2.45) is 0 Å². The van der Waals surface area contributed by atoms with Gasteiger partial charge >= 0.3 is 0 Å². The zero-order valence-electron chi connectivity index (χ0n) is 13.4. The first-order valence-corrected chi connectivity index (χ1v) is 6.97. The molecule has 0 aliphatic heterocycles. The Balaban J connectivity index is 2.83. The van der Waals surface area contributed by atoms with Gasteiger partial charge in [-0.25, -0.2) is 0 Å². The molecule has 21 heavy (non-hydrogen) atoms. The van der Waals surface area contributed by atoms with Crippen LogP contribution in [0.2, 0.25) is 0 Å². The molecule has 0 aromatic heterocycles. The van der Waals surface area contributed by atoms with Crippen LogP contribution >= 0.6 is 0 Å². The summed E-state index contributed by atoms with van der Waals surface area (Å²) >= 11 is 0. The fourth-order valence-electron chi connectivity index (χ4n) is 1.86. The lowest BCUT2D eigenvalue weighted by atomic mass is 9.86. The lowest BCUT2D eigenvalue weighted by molar-refractivity contribution is -0.118. The van der Waals surface area contributed by atoms with Gasteiger partial charge in [-0.2, -0.15) is 0 Å². The maximum Gasteiger partial charge on any atom is 0.255 e. The number of amides is 2. The van der Waals surface area contributed by atoms with E-state index in [1.165, 1.54) is 6.92 Å². The molecule has 2 amide bonds. The number of nitrogens with one attached hydrogen (secondary N) is 2. The van der Waals surface area contributed by atoms with Crippen molar-refractivity contribution in [3.8, 4) is 5.75 Å². The standard InChI is InChI=1S/C16H24N2O3/c1-11(19)17-8-9-18-15(20)13-10-12(16(2,3)4)6-7-14(13)21-5/h6-7,10H,8-9H2,1-5H3,(H,17,19)(H,18,20). The van der Waals surface area contributed by atoms with Crippen LogP contribution in [0.15, 0.2) is 18.2 Å². The zero-order chi connectivity index (χ0) is 16.0. The number of carbonyl (C=O) groups excluding carboxylic acids is 2. The van der Waals surface area contributed by atoms with E-state index in [1.54, 1.807) is 7.11 Å². The summed E-state index contributed by atoms with van der Waals surface area (Å²) in [6.07, 6.45) is 0. The molecule has 0 atom stereocenters. The first-order valence-electron chi connectivity index (χ1n) is 6.97. The minimum atomic E-state index is -0.205. The molecule has 0 fully saturated rings. The number of hydrogen-bond donors (Lipinski definition) is 2. The van der Waals surface area contributed by atoms with Gasteiger partial charge in [0.1, 0.15) is 5.75 Å². The molecule has 5 heteroatoms. The van der Waals surface area contributed by atoms with Gasteiger partial charge in [0.2, 0.25) is 5.91 Å². The van der Waals surface area contributed by atoms with Crippen LogP contribution in [-0.2, 0) is 10.2 Å². The summed E-state index contributed by atoms with van der Waals surface area (Å²) in [6, 6.07) is 5.63. The number of rotatable bonds is 5. The monoisotopic (exact) mass is 292 g/mol. The van der Waals surface area contributed by atoms with Crippen LogP contribution in [0, 0.1) is 0 Å². The highest BCUT2D eigenvalue weighted by atomic mass is 16.5. The quantitative estimate of drug-likeness (QED) is 0.814. The smallest absolute Gasteiger partial charge is 0.255 e. The fourth-order valence-corrected chi connectivity index (χ4v) is 1.86. The van der Waals surface area contributed by atoms with Crippen LogP contribution in [0.4, 0.5) is 0 Å². The summed E-state index contributed by atoms with van der Waals surface area (Å²) < 4.78 is 5.25. The molecule has 1 rings (SSSR count). The SMILES string of the molecule is COc1ccc(C(C)(C)C)cc1C(=O)NCCNC(C)=O. The van der Waals surface area contributed by atoms with Crippen molar-refractivity contribution in [3.63, 3.8) is 0 Å². The van der Waals surface area contributed by atoms with Gasteiger partial charge in [-0.3, -0.25) is 9.59 Å². The highest BCUT2D eigenvalue weighted by Crippen LogP contribution is 2.27. The van der Waals surface area contributed by atoms with Gasteiger partial charge in [-0.1, -0.05) is 26.8 Å². The van der Waals surface area contributed by atoms with E-state index in [9.17, 15) is 9.59 Å². The average molecular weight is 292 g/mol. The second-order valence-corrected chi connectivity index (χ2v) is 5.90. The lowest BCUT2D eigenvalue weighted by Crippen LogP contribution is -2.34. The van der Waals surface area contributed by atoms with Crippen molar-refractivity contribution in [2.75, 3.05) is 20.2 Å². The molecule has 0 unspecified atom stereocenters. The summed E-state index contributed by atoms with van der Waals surface area (Å²) in [6.45, 7) is 8.50. The number of benzene rings is 1. The maximum atomic E-state index is 12.2. The molecule has 0 aliphatic rings. The van der Waals surface area contributed by atoms with Crippen molar-refractivity contribution < 1.29 is 14.3 Å². The van der Waals surface area contributed by atoms with E-state index < -0.39 is 0 Å². The maximum absolute atomic E-state index is 12.2. The number of ether oxygens (including phenoxy) is 1. The van der Waals surface area contributed by atoms with E-state index in [1.807, 2.05) is 18.2 Å². The molecule has 2 N–H and O–H groups in total. The number of carbonyl (C=O) groups is 2. The topological polar surface area (TPSA) is 67.4 Å². The Morgan fingerprint density at radius 2 is 1.76 bits per heavy atom. The second kappa shape index (κ2) is 7.11. The van der Waals surface area contributed by atoms with Gasteiger partial charge in [-0.05, 0) is 23.1 Å². The molecule has 0 aliphatic carbocycles. The third kappa shape index (κ3) is 5.10. The summed E-state index contributed by atoms with van der Waals surface area (Å²) in [5, 5.41) is 5.41. The predicted octanol–water partition coefficient (Wildman–Crippen LogP) is 1.86. The van der Waals surface area contributed by atoms with Crippen LogP contribution in [0.1, 0.15) is 43.6 Å². The van der Waals surface area contributed by atoms with E-state index in [0.717, 1.165) is 5.56 Å². The summed E-state index contributed by atoms with van der Waals surface area (Å²) in [4.78, 5) is 23.0. The van der Waals surface area contributed by atoms with Crippen molar-refractivity contribution in [1.82, 2.24) is 10.6 Å². The van der Waals surface area contributed by atoms with Crippen molar-refractivity contribution in [3.05, 3.63) is 29.3 Å². The first kappa shape index (κ1) is 17.0. The van der Waals surface area contributed by atoms with Crippen molar-refractivity contribution in [2.45, 2.75) is 33.1 Å². The molecule has 0 radical (unpaired) electrons. The van der Waals surface area contributed by atoms with Crippen LogP contribution in [-0.4, -0.2) is 32.0 Å². The molecular weight excluding hydrogens is 268 g/mol. The lowest BCUT2D eigenvalue weighted by Gasteiger charge is -2.21. The molecule has 0 heterocycles. The average Bonchev–Trinajstić information content (AvgIpc) is 2.41.